The third-order valence-electron chi connectivity index (χ3n) is 4.28. The SMILES string of the molecule is Nc1cc(C(=O)O)cnc1N1CCN2CCCCC2C1. The lowest BCUT2D eigenvalue weighted by Crippen LogP contribution is -2.55. The molecule has 2 fully saturated rings. The number of nitrogens with two attached hydrogens (primary N) is 1. The third-order valence-corrected chi connectivity index (χ3v) is 4.28. The van der Waals surface area contributed by atoms with Crippen molar-refractivity contribution in [3.63, 3.8) is 0 Å². The standard InChI is InChI=1S/C14H20N4O2/c15-12-7-10(14(19)20)8-16-13(12)18-6-5-17-4-2-1-3-11(17)9-18/h7-8,11H,1-6,9,15H2,(H,19,20). The van der Waals surface area contributed by atoms with Gasteiger partial charge in [0.05, 0.1) is 11.3 Å². The number of aromatic nitrogens is 1. The fourth-order valence-corrected chi connectivity index (χ4v) is 3.20. The Kier molecular flexibility index (Phi) is 3.48. The second-order valence-corrected chi connectivity index (χ2v) is 5.57. The molecule has 1 atom stereocenters. The van der Waals surface area contributed by atoms with Gasteiger partial charge in [-0.3, -0.25) is 4.90 Å². The van der Waals surface area contributed by atoms with Crippen molar-refractivity contribution >= 4 is 17.5 Å². The zero-order chi connectivity index (χ0) is 14.1. The molecular weight excluding hydrogens is 256 g/mol. The van der Waals surface area contributed by atoms with Crippen LogP contribution in [0.5, 0.6) is 0 Å². The minimum absolute atomic E-state index is 0.141. The maximum Gasteiger partial charge on any atom is 0.337 e. The Hall–Kier alpha value is -1.82. The van der Waals surface area contributed by atoms with Gasteiger partial charge in [0.25, 0.3) is 0 Å². The van der Waals surface area contributed by atoms with Crippen molar-refractivity contribution in [3.8, 4) is 0 Å². The summed E-state index contributed by atoms with van der Waals surface area (Å²) in [6, 6.07) is 2.08. The number of nitrogen functional groups attached to an aromatic ring is 1. The van der Waals surface area contributed by atoms with Crippen LogP contribution < -0.4 is 10.6 Å². The Bertz CT molecular complexity index is 520. The van der Waals surface area contributed by atoms with E-state index in [0.29, 0.717) is 11.7 Å². The van der Waals surface area contributed by atoms with E-state index in [2.05, 4.69) is 14.8 Å². The van der Waals surface area contributed by atoms with E-state index in [4.69, 9.17) is 10.8 Å². The molecule has 0 amide bonds. The number of pyridine rings is 1. The molecule has 3 heterocycles. The molecule has 0 saturated carbocycles. The molecule has 108 valence electrons. The molecule has 2 saturated heterocycles. The summed E-state index contributed by atoms with van der Waals surface area (Å²) in [6.45, 7) is 4.07. The first-order valence-corrected chi connectivity index (χ1v) is 7.13. The highest BCUT2D eigenvalue weighted by Gasteiger charge is 2.30. The Morgan fingerprint density at radius 2 is 2.20 bits per heavy atom. The van der Waals surface area contributed by atoms with E-state index in [1.165, 1.54) is 38.1 Å². The maximum atomic E-state index is 10.9. The fourth-order valence-electron chi connectivity index (χ4n) is 3.20. The topological polar surface area (TPSA) is 82.7 Å². The van der Waals surface area contributed by atoms with Crippen LogP contribution in [-0.2, 0) is 0 Å². The molecule has 3 N–H and O–H groups in total. The lowest BCUT2D eigenvalue weighted by molar-refractivity contribution is 0.0696. The van der Waals surface area contributed by atoms with Gasteiger partial charge in [-0.2, -0.15) is 0 Å². The molecule has 0 aliphatic carbocycles. The van der Waals surface area contributed by atoms with E-state index in [0.717, 1.165) is 25.5 Å². The fraction of sp³-hybridized carbons (Fsp3) is 0.571. The maximum absolute atomic E-state index is 10.9. The second kappa shape index (κ2) is 5.28. The molecule has 2 aliphatic rings. The molecule has 0 bridgehead atoms. The summed E-state index contributed by atoms with van der Waals surface area (Å²) in [5.41, 5.74) is 6.57. The number of anilines is 2. The summed E-state index contributed by atoms with van der Waals surface area (Å²) in [6.07, 6.45) is 5.20. The zero-order valence-corrected chi connectivity index (χ0v) is 11.5. The quantitative estimate of drug-likeness (QED) is 0.839. The van der Waals surface area contributed by atoms with Crippen LogP contribution in [0.1, 0.15) is 29.6 Å². The Balaban J connectivity index is 1.78. The first-order chi connectivity index (χ1) is 9.65. The number of hydrogen-bond donors (Lipinski definition) is 2. The van der Waals surface area contributed by atoms with Gasteiger partial charge in [-0.05, 0) is 25.5 Å². The van der Waals surface area contributed by atoms with Crippen LogP contribution in [0.15, 0.2) is 12.3 Å². The lowest BCUT2D eigenvalue weighted by atomic mass is 9.99. The lowest BCUT2D eigenvalue weighted by Gasteiger charge is -2.44. The van der Waals surface area contributed by atoms with Crippen molar-refractivity contribution in [2.24, 2.45) is 0 Å². The van der Waals surface area contributed by atoms with Crippen molar-refractivity contribution in [1.82, 2.24) is 9.88 Å². The highest BCUT2D eigenvalue weighted by Crippen LogP contribution is 2.27. The Morgan fingerprint density at radius 3 is 2.95 bits per heavy atom. The molecule has 2 aliphatic heterocycles. The number of rotatable bonds is 2. The number of hydrogen-bond acceptors (Lipinski definition) is 5. The van der Waals surface area contributed by atoms with Crippen LogP contribution in [-0.4, -0.2) is 53.2 Å². The molecule has 6 heteroatoms. The van der Waals surface area contributed by atoms with E-state index >= 15 is 0 Å². The predicted molar refractivity (Wildman–Crippen MR) is 77.0 cm³/mol. The highest BCUT2D eigenvalue weighted by molar-refractivity contribution is 5.89. The van der Waals surface area contributed by atoms with Crippen LogP contribution >= 0.6 is 0 Å². The van der Waals surface area contributed by atoms with Crippen LogP contribution in [0.4, 0.5) is 11.5 Å². The molecule has 20 heavy (non-hydrogen) atoms. The summed E-state index contributed by atoms with van der Waals surface area (Å²) in [5.74, 6) is -0.270. The Labute approximate surface area is 118 Å². The van der Waals surface area contributed by atoms with Gasteiger partial charge in [0, 0.05) is 31.9 Å². The number of carboxylic acid groups (broad SMARTS) is 1. The smallest absolute Gasteiger partial charge is 0.337 e. The van der Waals surface area contributed by atoms with Crippen molar-refractivity contribution < 1.29 is 9.90 Å². The van der Waals surface area contributed by atoms with E-state index in [-0.39, 0.29) is 5.56 Å². The van der Waals surface area contributed by atoms with Gasteiger partial charge in [0.1, 0.15) is 0 Å². The van der Waals surface area contributed by atoms with Crippen molar-refractivity contribution in [2.45, 2.75) is 25.3 Å². The zero-order valence-electron chi connectivity index (χ0n) is 11.5. The van der Waals surface area contributed by atoms with Crippen LogP contribution in [0.25, 0.3) is 0 Å². The van der Waals surface area contributed by atoms with Gasteiger partial charge >= 0.3 is 5.97 Å². The molecule has 0 aromatic carbocycles. The molecule has 1 aromatic rings. The third kappa shape index (κ3) is 2.43. The average Bonchev–Trinajstić information content (AvgIpc) is 2.46. The number of nitrogens with zero attached hydrogens (tertiary/aromatic N) is 3. The largest absolute Gasteiger partial charge is 0.478 e. The predicted octanol–water partition coefficient (Wildman–Crippen LogP) is 1.04. The van der Waals surface area contributed by atoms with Gasteiger partial charge in [0.2, 0.25) is 0 Å². The molecular formula is C14H20N4O2. The first-order valence-electron chi connectivity index (χ1n) is 7.13. The van der Waals surface area contributed by atoms with Crippen molar-refractivity contribution in [3.05, 3.63) is 17.8 Å². The molecule has 1 unspecified atom stereocenters. The molecule has 6 nitrogen and oxygen atoms in total. The number of fused-ring (bicyclic) bond motifs is 1. The summed E-state index contributed by atoms with van der Waals surface area (Å²) in [7, 11) is 0. The van der Waals surface area contributed by atoms with Crippen molar-refractivity contribution in [1.29, 1.82) is 0 Å². The van der Waals surface area contributed by atoms with E-state index in [1.54, 1.807) is 0 Å². The van der Waals surface area contributed by atoms with Gasteiger partial charge in [-0.25, -0.2) is 9.78 Å². The molecule has 3 rings (SSSR count). The summed E-state index contributed by atoms with van der Waals surface area (Å²) < 4.78 is 0. The summed E-state index contributed by atoms with van der Waals surface area (Å²) in [4.78, 5) is 19.9. The van der Waals surface area contributed by atoms with Gasteiger partial charge in [-0.15, -0.1) is 0 Å². The van der Waals surface area contributed by atoms with E-state index in [1.807, 2.05) is 0 Å². The molecule has 1 aromatic heterocycles. The van der Waals surface area contributed by atoms with E-state index in [9.17, 15) is 4.79 Å². The van der Waals surface area contributed by atoms with Crippen molar-refractivity contribution in [2.75, 3.05) is 36.8 Å². The van der Waals surface area contributed by atoms with E-state index < -0.39 is 5.97 Å². The normalized spacial score (nSPS) is 23.4. The average molecular weight is 276 g/mol. The van der Waals surface area contributed by atoms with Crippen LogP contribution in [0.3, 0.4) is 0 Å². The van der Waals surface area contributed by atoms with Gasteiger partial charge in [0.15, 0.2) is 5.82 Å². The summed E-state index contributed by atoms with van der Waals surface area (Å²) in [5, 5.41) is 8.95. The summed E-state index contributed by atoms with van der Waals surface area (Å²) >= 11 is 0. The number of carbonyl (C=O) groups is 1. The number of piperidine rings is 1. The minimum Gasteiger partial charge on any atom is -0.478 e. The minimum atomic E-state index is -0.993. The van der Waals surface area contributed by atoms with Crippen LogP contribution in [0.2, 0.25) is 0 Å². The Morgan fingerprint density at radius 1 is 1.35 bits per heavy atom. The van der Waals surface area contributed by atoms with Crippen LogP contribution in [0, 0.1) is 0 Å². The highest BCUT2D eigenvalue weighted by atomic mass is 16.4. The second-order valence-electron chi connectivity index (χ2n) is 5.57. The number of aromatic carboxylic acids is 1. The monoisotopic (exact) mass is 276 g/mol. The molecule has 0 radical (unpaired) electrons. The first kappa shape index (κ1) is 13.2. The molecule has 0 spiro atoms. The number of carboxylic acids is 1. The van der Waals surface area contributed by atoms with Gasteiger partial charge in [-0.1, -0.05) is 6.42 Å². The number of piperazine rings is 1. The van der Waals surface area contributed by atoms with Gasteiger partial charge < -0.3 is 15.7 Å².